The van der Waals surface area contributed by atoms with Crippen molar-refractivity contribution in [3.63, 3.8) is 0 Å². The van der Waals surface area contributed by atoms with E-state index in [0.29, 0.717) is 12.6 Å². The van der Waals surface area contributed by atoms with Crippen molar-refractivity contribution < 1.29 is 0 Å². The molecular formula is C17H22N2S. The summed E-state index contributed by atoms with van der Waals surface area (Å²) in [6, 6.07) is 9.14. The van der Waals surface area contributed by atoms with Crippen LogP contribution in [0.4, 0.5) is 0 Å². The van der Waals surface area contributed by atoms with Gasteiger partial charge < -0.3 is 5.73 Å². The molecule has 2 heterocycles. The Hall–Kier alpha value is -1.16. The molecule has 1 unspecified atom stereocenters. The molecule has 3 heteroatoms. The zero-order valence-corrected chi connectivity index (χ0v) is 13.0. The van der Waals surface area contributed by atoms with Crippen LogP contribution in [-0.4, -0.2) is 18.0 Å². The van der Waals surface area contributed by atoms with Crippen LogP contribution in [0.3, 0.4) is 0 Å². The quantitative estimate of drug-likeness (QED) is 0.936. The van der Waals surface area contributed by atoms with E-state index < -0.39 is 0 Å². The van der Waals surface area contributed by atoms with E-state index >= 15 is 0 Å². The number of benzene rings is 1. The fourth-order valence-electron chi connectivity index (χ4n) is 3.34. The van der Waals surface area contributed by atoms with E-state index in [4.69, 9.17) is 5.73 Å². The lowest BCUT2D eigenvalue weighted by Gasteiger charge is -2.35. The number of thiophene rings is 1. The van der Waals surface area contributed by atoms with Gasteiger partial charge in [0.2, 0.25) is 0 Å². The van der Waals surface area contributed by atoms with Crippen LogP contribution < -0.4 is 5.73 Å². The molecular weight excluding hydrogens is 264 g/mol. The maximum atomic E-state index is 6.13. The predicted octanol–water partition coefficient (Wildman–Crippen LogP) is 3.42. The highest BCUT2D eigenvalue weighted by Gasteiger charge is 2.26. The molecule has 0 fully saturated rings. The summed E-state index contributed by atoms with van der Waals surface area (Å²) in [4.78, 5) is 4.10. The molecule has 0 saturated carbocycles. The lowest BCUT2D eigenvalue weighted by molar-refractivity contribution is 0.184. The summed E-state index contributed by atoms with van der Waals surface area (Å²) >= 11 is 1.89. The summed E-state index contributed by atoms with van der Waals surface area (Å²) in [5, 5.41) is 2.21. The molecule has 0 bridgehead atoms. The molecule has 1 aromatic heterocycles. The summed E-state index contributed by atoms with van der Waals surface area (Å²) in [6.07, 6.45) is 1.16. The highest BCUT2D eigenvalue weighted by molar-refractivity contribution is 7.10. The third kappa shape index (κ3) is 2.41. The largest absolute Gasteiger partial charge is 0.329 e. The van der Waals surface area contributed by atoms with E-state index in [2.05, 4.69) is 48.4 Å². The van der Waals surface area contributed by atoms with Gasteiger partial charge in [-0.25, -0.2) is 0 Å². The standard InChI is InChI=1S/C17H22N2S/c1-12-4-3-5-13(2)17(12)15(10-18)19-8-6-16-14(11-19)7-9-20-16/h3-5,7,9,15H,6,8,10-11,18H2,1-2H3. The van der Waals surface area contributed by atoms with Gasteiger partial charge >= 0.3 is 0 Å². The summed E-state index contributed by atoms with van der Waals surface area (Å²) in [5.41, 5.74) is 11.8. The second-order valence-electron chi connectivity index (χ2n) is 5.65. The van der Waals surface area contributed by atoms with Crippen molar-refractivity contribution in [1.82, 2.24) is 4.90 Å². The number of hydrogen-bond donors (Lipinski definition) is 1. The Bertz CT molecular complexity index is 583. The molecule has 1 aromatic carbocycles. The summed E-state index contributed by atoms with van der Waals surface area (Å²) in [7, 11) is 0. The first-order chi connectivity index (χ1) is 9.70. The molecule has 20 heavy (non-hydrogen) atoms. The minimum absolute atomic E-state index is 0.337. The monoisotopic (exact) mass is 286 g/mol. The van der Waals surface area contributed by atoms with E-state index in [1.807, 2.05) is 11.3 Å². The zero-order chi connectivity index (χ0) is 14.1. The van der Waals surface area contributed by atoms with Gasteiger partial charge in [0.25, 0.3) is 0 Å². The van der Waals surface area contributed by atoms with E-state index in [9.17, 15) is 0 Å². The number of aryl methyl sites for hydroxylation is 2. The van der Waals surface area contributed by atoms with Crippen LogP contribution in [0.1, 0.15) is 33.2 Å². The van der Waals surface area contributed by atoms with Gasteiger partial charge in [-0.1, -0.05) is 18.2 Å². The van der Waals surface area contributed by atoms with Gasteiger partial charge in [0.15, 0.2) is 0 Å². The Kier molecular flexibility index (Phi) is 3.92. The van der Waals surface area contributed by atoms with Crippen LogP contribution in [0, 0.1) is 13.8 Å². The first-order valence-electron chi connectivity index (χ1n) is 7.26. The van der Waals surface area contributed by atoms with Gasteiger partial charge in [-0.05, 0) is 54.0 Å². The molecule has 3 rings (SSSR count). The normalized spacial score (nSPS) is 16.9. The highest BCUT2D eigenvalue weighted by Crippen LogP contribution is 2.32. The smallest absolute Gasteiger partial charge is 0.0479 e. The highest BCUT2D eigenvalue weighted by atomic mass is 32.1. The van der Waals surface area contributed by atoms with Gasteiger partial charge in [-0.3, -0.25) is 4.90 Å². The fourth-order valence-corrected chi connectivity index (χ4v) is 4.23. The molecule has 0 amide bonds. The van der Waals surface area contributed by atoms with Crippen molar-refractivity contribution in [3.8, 4) is 0 Å². The molecule has 0 aliphatic carbocycles. The fraction of sp³-hybridized carbons (Fsp3) is 0.412. The van der Waals surface area contributed by atoms with Gasteiger partial charge in [0, 0.05) is 30.6 Å². The topological polar surface area (TPSA) is 29.3 Å². The first-order valence-corrected chi connectivity index (χ1v) is 8.14. The van der Waals surface area contributed by atoms with E-state index in [1.165, 1.54) is 22.3 Å². The van der Waals surface area contributed by atoms with Crippen LogP contribution in [0.5, 0.6) is 0 Å². The van der Waals surface area contributed by atoms with E-state index in [0.717, 1.165) is 19.5 Å². The first kappa shape index (κ1) is 13.8. The van der Waals surface area contributed by atoms with Gasteiger partial charge in [0.1, 0.15) is 0 Å². The lowest BCUT2D eigenvalue weighted by atomic mass is 9.93. The number of rotatable bonds is 3. The van der Waals surface area contributed by atoms with Crippen molar-refractivity contribution in [3.05, 3.63) is 56.8 Å². The summed E-state index contributed by atoms with van der Waals surface area (Å²) in [5.74, 6) is 0. The summed E-state index contributed by atoms with van der Waals surface area (Å²) in [6.45, 7) is 7.23. The second kappa shape index (κ2) is 5.68. The minimum Gasteiger partial charge on any atom is -0.329 e. The van der Waals surface area contributed by atoms with Crippen molar-refractivity contribution >= 4 is 11.3 Å². The Morgan fingerprint density at radius 3 is 2.70 bits per heavy atom. The third-order valence-electron chi connectivity index (χ3n) is 4.38. The van der Waals surface area contributed by atoms with E-state index in [1.54, 1.807) is 4.88 Å². The van der Waals surface area contributed by atoms with Crippen LogP contribution >= 0.6 is 11.3 Å². The van der Waals surface area contributed by atoms with Crippen molar-refractivity contribution in [1.29, 1.82) is 0 Å². The minimum atomic E-state index is 0.337. The van der Waals surface area contributed by atoms with Gasteiger partial charge in [-0.15, -0.1) is 11.3 Å². The number of nitrogens with zero attached hydrogens (tertiary/aromatic N) is 1. The van der Waals surface area contributed by atoms with Crippen LogP contribution in [-0.2, 0) is 13.0 Å². The number of hydrogen-bond acceptors (Lipinski definition) is 3. The average molecular weight is 286 g/mol. The zero-order valence-electron chi connectivity index (χ0n) is 12.2. The Morgan fingerprint density at radius 2 is 2.00 bits per heavy atom. The average Bonchev–Trinajstić information content (AvgIpc) is 2.90. The van der Waals surface area contributed by atoms with Gasteiger partial charge in [-0.2, -0.15) is 0 Å². The third-order valence-corrected chi connectivity index (χ3v) is 5.40. The second-order valence-corrected chi connectivity index (χ2v) is 6.65. The van der Waals surface area contributed by atoms with Crippen molar-refractivity contribution in [2.75, 3.05) is 13.1 Å². The number of fused-ring (bicyclic) bond motifs is 1. The molecule has 1 atom stereocenters. The molecule has 106 valence electrons. The van der Waals surface area contributed by atoms with Crippen LogP contribution in [0.15, 0.2) is 29.6 Å². The molecule has 2 aromatic rings. The molecule has 1 aliphatic heterocycles. The lowest BCUT2D eigenvalue weighted by Crippen LogP contribution is -2.38. The summed E-state index contributed by atoms with van der Waals surface area (Å²) < 4.78 is 0. The maximum absolute atomic E-state index is 6.13. The molecule has 1 aliphatic rings. The Labute approximate surface area is 125 Å². The molecule has 2 N–H and O–H groups in total. The van der Waals surface area contributed by atoms with Crippen LogP contribution in [0.25, 0.3) is 0 Å². The SMILES string of the molecule is Cc1cccc(C)c1C(CN)N1CCc2sccc2C1. The molecule has 0 saturated heterocycles. The maximum Gasteiger partial charge on any atom is 0.0479 e. The Balaban J connectivity index is 1.92. The predicted molar refractivity (Wildman–Crippen MR) is 86.1 cm³/mol. The Morgan fingerprint density at radius 1 is 1.25 bits per heavy atom. The van der Waals surface area contributed by atoms with Crippen molar-refractivity contribution in [2.45, 2.75) is 32.9 Å². The van der Waals surface area contributed by atoms with Gasteiger partial charge in [0.05, 0.1) is 0 Å². The molecule has 0 spiro atoms. The van der Waals surface area contributed by atoms with Crippen molar-refractivity contribution in [2.24, 2.45) is 5.73 Å². The molecule has 0 radical (unpaired) electrons. The number of nitrogens with two attached hydrogens (primary N) is 1. The molecule has 2 nitrogen and oxygen atoms in total. The van der Waals surface area contributed by atoms with E-state index in [-0.39, 0.29) is 0 Å². The van der Waals surface area contributed by atoms with Crippen LogP contribution in [0.2, 0.25) is 0 Å².